The van der Waals surface area contributed by atoms with Crippen LogP contribution in [0.25, 0.3) is 0 Å². The molecule has 0 radical (unpaired) electrons. The van der Waals surface area contributed by atoms with Gasteiger partial charge in [0.25, 0.3) is 0 Å². The van der Waals surface area contributed by atoms with Crippen LogP contribution in [0, 0.1) is 0 Å². The summed E-state index contributed by atoms with van der Waals surface area (Å²) in [5, 5.41) is 2.93. The molecule has 1 atom stereocenters. The van der Waals surface area contributed by atoms with E-state index in [1.165, 1.54) is 14.2 Å². The highest BCUT2D eigenvalue weighted by Crippen LogP contribution is 2.17. The van der Waals surface area contributed by atoms with Crippen LogP contribution in [0.2, 0.25) is 0 Å². The Morgan fingerprint density at radius 2 is 1.89 bits per heavy atom. The highest BCUT2D eigenvalue weighted by atomic mass is 16.5. The molecule has 0 aliphatic rings. The summed E-state index contributed by atoms with van der Waals surface area (Å²) in [5.74, 6) is 1.00. The van der Waals surface area contributed by atoms with Gasteiger partial charge in [0.05, 0.1) is 20.3 Å². The molecule has 0 aliphatic heterocycles. The van der Waals surface area contributed by atoms with Crippen LogP contribution < -0.4 is 14.8 Å². The number of hydrogen-bond donors (Lipinski definition) is 1. The first-order valence-electron chi connectivity index (χ1n) is 6.00. The number of ether oxygens (including phenoxy) is 2. The van der Waals surface area contributed by atoms with E-state index in [1.54, 1.807) is 24.9 Å². The predicted molar refractivity (Wildman–Crippen MR) is 71.5 cm³/mol. The molecule has 0 aliphatic carbocycles. The fraction of sp³-hybridized carbons (Fsp3) is 0.583. The third kappa shape index (κ3) is 3.97. The number of likely N-dealkylation sites (N-methyl/N-ethyl adjacent to an activating group) is 1. The van der Waals surface area contributed by atoms with Gasteiger partial charge in [-0.2, -0.15) is 9.97 Å². The topological polar surface area (TPSA) is 76.6 Å². The first-order chi connectivity index (χ1) is 9.01. The number of carbonyl (C=O) groups is 1. The molecule has 7 heteroatoms. The van der Waals surface area contributed by atoms with E-state index in [0.717, 1.165) is 0 Å². The fourth-order valence-corrected chi connectivity index (χ4v) is 1.42. The minimum Gasteiger partial charge on any atom is -0.481 e. The Morgan fingerprint density at radius 3 is 2.32 bits per heavy atom. The third-order valence-corrected chi connectivity index (χ3v) is 2.66. The van der Waals surface area contributed by atoms with Gasteiger partial charge >= 0.3 is 0 Å². The second-order valence-corrected chi connectivity index (χ2v) is 3.99. The van der Waals surface area contributed by atoms with Gasteiger partial charge < -0.3 is 19.7 Å². The van der Waals surface area contributed by atoms with E-state index in [1.807, 2.05) is 6.92 Å². The van der Waals surface area contributed by atoms with Crippen LogP contribution in [0.4, 0.5) is 5.95 Å². The molecule has 1 rings (SSSR count). The lowest BCUT2D eigenvalue weighted by Gasteiger charge is -2.20. The van der Waals surface area contributed by atoms with Gasteiger partial charge in [-0.1, -0.05) is 0 Å². The molecule has 7 nitrogen and oxygen atoms in total. The van der Waals surface area contributed by atoms with E-state index >= 15 is 0 Å². The van der Waals surface area contributed by atoms with Crippen molar-refractivity contribution in [3.63, 3.8) is 0 Å². The summed E-state index contributed by atoms with van der Waals surface area (Å²) in [5.41, 5.74) is 0. The van der Waals surface area contributed by atoms with Crippen molar-refractivity contribution in [2.75, 3.05) is 33.1 Å². The zero-order valence-electron chi connectivity index (χ0n) is 11.9. The van der Waals surface area contributed by atoms with Crippen molar-refractivity contribution in [2.45, 2.75) is 19.9 Å². The number of hydrogen-bond acceptors (Lipinski definition) is 6. The van der Waals surface area contributed by atoms with Crippen molar-refractivity contribution < 1.29 is 14.3 Å². The van der Waals surface area contributed by atoms with E-state index in [-0.39, 0.29) is 5.91 Å². The number of anilines is 1. The zero-order valence-corrected chi connectivity index (χ0v) is 11.9. The number of amides is 1. The molecule has 0 fully saturated rings. The average molecular weight is 268 g/mol. The summed E-state index contributed by atoms with van der Waals surface area (Å²) in [6.07, 6.45) is 0. The summed E-state index contributed by atoms with van der Waals surface area (Å²) < 4.78 is 10.1. The number of nitrogens with one attached hydrogen (secondary N) is 1. The molecule has 0 aromatic carbocycles. The Labute approximate surface area is 112 Å². The standard InChI is InChI=1S/C12H20N4O3/c1-6-16(3)11(17)8(2)13-12-14-9(18-4)7-10(15-12)19-5/h7-8H,6H2,1-5H3,(H,13,14,15). The van der Waals surface area contributed by atoms with Crippen LogP contribution in [-0.2, 0) is 4.79 Å². The van der Waals surface area contributed by atoms with E-state index in [9.17, 15) is 4.79 Å². The average Bonchev–Trinajstić information content (AvgIpc) is 2.44. The second-order valence-electron chi connectivity index (χ2n) is 3.99. The molecule has 0 saturated carbocycles. The smallest absolute Gasteiger partial charge is 0.244 e. The zero-order chi connectivity index (χ0) is 14.4. The van der Waals surface area contributed by atoms with Crippen LogP contribution >= 0.6 is 0 Å². The molecule has 1 heterocycles. The minimum absolute atomic E-state index is 0.0344. The largest absolute Gasteiger partial charge is 0.481 e. The van der Waals surface area contributed by atoms with Gasteiger partial charge in [0.15, 0.2) is 0 Å². The Balaban J connectivity index is 2.83. The summed E-state index contributed by atoms with van der Waals surface area (Å²) in [6.45, 7) is 4.31. The quantitative estimate of drug-likeness (QED) is 0.821. The summed E-state index contributed by atoms with van der Waals surface area (Å²) >= 11 is 0. The molecule has 1 N–H and O–H groups in total. The maximum atomic E-state index is 11.9. The number of aromatic nitrogens is 2. The van der Waals surface area contributed by atoms with Gasteiger partial charge in [0.2, 0.25) is 23.6 Å². The van der Waals surface area contributed by atoms with Crippen molar-refractivity contribution >= 4 is 11.9 Å². The maximum absolute atomic E-state index is 11.9. The van der Waals surface area contributed by atoms with Crippen LogP contribution in [0.3, 0.4) is 0 Å². The molecule has 0 saturated heterocycles. The van der Waals surface area contributed by atoms with Gasteiger partial charge in [-0.25, -0.2) is 0 Å². The normalized spacial score (nSPS) is 11.6. The first kappa shape index (κ1) is 15.0. The van der Waals surface area contributed by atoms with Crippen LogP contribution in [0.1, 0.15) is 13.8 Å². The fourth-order valence-electron chi connectivity index (χ4n) is 1.42. The molecule has 1 aromatic rings. The predicted octanol–water partition coefficient (Wildman–Crippen LogP) is 0.772. The molecule has 1 unspecified atom stereocenters. The summed E-state index contributed by atoms with van der Waals surface area (Å²) in [7, 11) is 4.75. The molecule has 1 aromatic heterocycles. The SMILES string of the molecule is CCN(C)C(=O)C(C)Nc1nc(OC)cc(OC)n1. The van der Waals surface area contributed by atoms with Crippen molar-refractivity contribution in [2.24, 2.45) is 0 Å². The highest BCUT2D eigenvalue weighted by Gasteiger charge is 2.17. The number of methoxy groups -OCH3 is 2. The third-order valence-electron chi connectivity index (χ3n) is 2.66. The molecule has 106 valence electrons. The van der Waals surface area contributed by atoms with Gasteiger partial charge in [-0.15, -0.1) is 0 Å². The van der Waals surface area contributed by atoms with Crippen molar-refractivity contribution in [3.8, 4) is 11.8 Å². The second kappa shape index (κ2) is 6.77. The maximum Gasteiger partial charge on any atom is 0.244 e. The molecular weight excluding hydrogens is 248 g/mol. The van der Waals surface area contributed by atoms with Crippen LogP contribution in [-0.4, -0.2) is 54.6 Å². The molecule has 19 heavy (non-hydrogen) atoms. The molecule has 0 bridgehead atoms. The van der Waals surface area contributed by atoms with Gasteiger partial charge in [0, 0.05) is 13.6 Å². The lowest BCUT2D eigenvalue weighted by atomic mass is 10.3. The first-order valence-corrected chi connectivity index (χ1v) is 6.00. The number of nitrogens with zero attached hydrogens (tertiary/aromatic N) is 3. The van der Waals surface area contributed by atoms with Crippen LogP contribution in [0.5, 0.6) is 11.8 Å². The Morgan fingerprint density at radius 1 is 1.37 bits per heavy atom. The van der Waals surface area contributed by atoms with E-state index in [0.29, 0.717) is 24.3 Å². The minimum atomic E-state index is -0.429. The summed E-state index contributed by atoms with van der Waals surface area (Å²) in [4.78, 5) is 21.8. The molecule has 1 amide bonds. The van der Waals surface area contributed by atoms with Crippen molar-refractivity contribution in [1.29, 1.82) is 0 Å². The number of carbonyl (C=O) groups excluding carboxylic acids is 1. The van der Waals surface area contributed by atoms with Gasteiger partial charge in [-0.3, -0.25) is 4.79 Å². The van der Waals surface area contributed by atoms with Crippen molar-refractivity contribution in [3.05, 3.63) is 6.07 Å². The monoisotopic (exact) mass is 268 g/mol. The number of rotatable bonds is 6. The van der Waals surface area contributed by atoms with E-state index in [2.05, 4.69) is 15.3 Å². The van der Waals surface area contributed by atoms with Gasteiger partial charge in [0.1, 0.15) is 6.04 Å². The summed E-state index contributed by atoms with van der Waals surface area (Å²) in [6, 6.07) is 1.14. The van der Waals surface area contributed by atoms with Crippen molar-refractivity contribution in [1.82, 2.24) is 14.9 Å². The lowest BCUT2D eigenvalue weighted by molar-refractivity contribution is -0.130. The van der Waals surface area contributed by atoms with E-state index in [4.69, 9.17) is 9.47 Å². The Bertz CT molecular complexity index is 417. The Hall–Kier alpha value is -2.05. The highest BCUT2D eigenvalue weighted by molar-refractivity contribution is 5.83. The van der Waals surface area contributed by atoms with E-state index < -0.39 is 6.04 Å². The lowest BCUT2D eigenvalue weighted by Crippen LogP contribution is -2.39. The molecule has 0 spiro atoms. The van der Waals surface area contributed by atoms with Gasteiger partial charge in [-0.05, 0) is 13.8 Å². The van der Waals surface area contributed by atoms with Crippen LogP contribution in [0.15, 0.2) is 6.07 Å². The Kier molecular flexibility index (Phi) is 5.35. The molecular formula is C12H20N4O3.